The smallest absolute Gasteiger partial charge is 0.291 e. The highest BCUT2D eigenvalue weighted by Crippen LogP contribution is 2.32. The van der Waals surface area contributed by atoms with Crippen LogP contribution in [0.25, 0.3) is 16.9 Å². The fourth-order valence-corrected chi connectivity index (χ4v) is 5.26. The quantitative estimate of drug-likeness (QED) is 0.543. The van der Waals surface area contributed by atoms with E-state index in [0.717, 1.165) is 62.9 Å². The van der Waals surface area contributed by atoms with E-state index in [1.165, 1.54) is 10.7 Å². The van der Waals surface area contributed by atoms with Crippen molar-refractivity contribution in [3.8, 4) is 5.95 Å². The van der Waals surface area contributed by atoms with E-state index >= 15 is 0 Å². The Morgan fingerprint density at radius 3 is 2.47 bits per heavy atom. The number of aromatic nitrogens is 4. The van der Waals surface area contributed by atoms with Crippen molar-refractivity contribution in [1.82, 2.24) is 29.7 Å². The van der Waals surface area contributed by atoms with E-state index in [-0.39, 0.29) is 41.9 Å². The van der Waals surface area contributed by atoms with Crippen molar-refractivity contribution in [2.24, 2.45) is 0 Å². The second-order valence-electron chi connectivity index (χ2n) is 9.57. The van der Waals surface area contributed by atoms with Crippen LogP contribution >= 0.6 is 12.4 Å². The molecule has 0 bridgehead atoms. The van der Waals surface area contributed by atoms with Gasteiger partial charge in [0.25, 0.3) is 5.95 Å². The molecule has 4 heterocycles. The Morgan fingerprint density at radius 2 is 1.82 bits per heavy atom. The van der Waals surface area contributed by atoms with Crippen LogP contribution in [0.2, 0.25) is 0 Å². The monoisotopic (exact) mass is 490 g/mol. The largest absolute Gasteiger partial charge is 0.343 e. The molecular formula is C24H32ClFN6O2. The number of hydrogen-bond donors (Lipinski definition) is 0. The van der Waals surface area contributed by atoms with Crippen molar-refractivity contribution in [1.29, 1.82) is 0 Å². The summed E-state index contributed by atoms with van der Waals surface area (Å²) in [4.78, 5) is 20.7. The molecule has 0 spiro atoms. The van der Waals surface area contributed by atoms with Crippen molar-refractivity contribution < 1.29 is 13.7 Å². The van der Waals surface area contributed by atoms with Crippen LogP contribution in [0.4, 0.5) is 4.39 Å². The number of hydrogen-bond acceptors (Lipinski definition) is 6. The molecule has 10 heteroatoms. The van der Waals surface area contributed by atoms with Gasteiger partial charge in [-0.05, 0) is 55.9 Å². The van der Waals surface area contributed by atoms with Crippen LogP contribution in [0.5, 0.6) is 0 Å². The van der Waals surface area contributed by atoms with Gasteiger partial charge in [-0.15, -0.1) is 12.4 Å². The molecule has 0 N–H and O–H groups in total. The highest BCUT2D eigenvalue weighted by molar-refractivity contribution is 5.85. The fourth-order valence-electron chi connectivity index (χ4n) is 5.26. The van der Waals surface area contributed by atoms with Crippen molar-refractivity contribution in [2.45, 2.75) is 64.3 Å². The summed E-state index contributed by atoms with van der Waals surface area (Å²) in [5, 5.41) is 9.56. The molecule has 34 heavy (non-hydrogen) atoms. The van der Waals surface area contributed by atoms with Crippen molar-refractivity contribution in [3.63, 3.8) is 0 Å². The number of likely N-dealkylation sites (tertiary alicyclic amines) is 2. The van der Waals surface area contributed by atoms with E-state index in [1.807, 2.05) is 24.8 Å². The lowest BCUT2D eigenvalue weighted by atomic mass is 9.93. The Hall–Kier alpha value is -2.52. The molecule has 1 amide bonds. The summed E-state index contributed by atoms with van der Waals surface area (Å²) in [7, 11) is 0. The number of halogens is 2. The van der Waals surface area contributed by atoms with Gasteiger partial charge in [0.2, 0.25) is 11.8 Å². The fraction of sp³-hybridized carbons (Fsp3) is 0.583. The zero-order chi connectivity index (χ0) is 23.1. The molecule has 0 unspecified atom stereocenters. The summed E-state index contributed by atoms with van der Waals surface area (Å²) in [5.74, 6) is 1.05. The van der Waals surface area contributed by atoms with Gasteiger partial charge in [0.15, 0.2) is 0 Å². The summed E-state index contributed by atoms with van der Waals surface area (Å²) < 4.78 is 21.8. The Kier molecular flexibility index (Phi) is 7.23. The number of rotatable bonds is 4. The Balaban J connectivity index is 0.00000274. The van der Waals surface area contributed by atoms with Gasteiger partial charge >= 0.3 is 0 Å². The molecule has 0 saturated carbocycles. The predicted octanol–water partition coefficient (Wildman–Crippen LogP) is 4.28. The third-order valence-corrected chi connectivity index (χ3v) is 7.15. The Morgan fingerprint density at radius 1 is 1.12 bits per heavy atom. The Bertz CT molecular complexity index is 1150. The number of carbonyl (C=O) groups excluding carboxylic acids is 1. The van der Waals surface area contributed by atoms with E-state index in [9.17, 15) is 9.18 Å². The molecular weight excluding hydrogens is 459 g/mol. The highest BCUT2D eigenvalue weighted by atomic mass is 35.5. The van der Waals surface area contributed by atoms with Gasteiger partial charge < -0.3 is 14.3 Å². The highest BCUT2D eigenvalue weighted by Gasteiger charge is 2.31. The molecule has 2 saturated heterocycles. The van der Waals surface area contributed by atoms with Crippen LogP contribution in [0.1, 0.15) is 69.9 Å². The first-order chi connectivity index (χ1) is 15.9. The molecule has 2 aliphatic heterocycles. The minimum atomic E-state index is -0.345. The lowest BCUT2D eigenvalue weighted by Gasteiger charge is -2.41. The summed E-state index contributed by atoms with van der Waals surface area (Å²) >= 11 is 0. The Labute approximate surface area is 204 Å². The normalized spacial score (nSPS) is 18.6. The summed E-state index contributed by atoms with van der Waals surface area (Å²) in [6, 6.07) is 5.55. The molecule has 5 rings (SSSR count). The minimum Gasteiger partial charge on any atom is -0.343 e. The number of para-hydroxylation sites is 1. The second-order valence-corrected chi connectivity index (χ2v) is 9.57. The number of benzene rings is 1. The maximum absolute atomic E-state index is 14.7. The zero-order valence-electron chi connectivity index (χ0n) is 19.9. The van der Waals surface area contributed by atoms with Crippen LogP contribution in [-0.4, -0.2) is 67.8 Å². The summed E-state index contributed by atoms with van der Waals surface area (Å²) in [5.41, 5.74) is 1.21. The molecule has 1 aromatic carbocycles. The van der Waals surface area contributed by atoms with Crippen LogP contribution < -0.4 is 0 Å². The molecule has 2 fully saturated rings. The summed E-state index contributed by atoms with van der Waals surface area (Å²) in [6.45, 7) is 9.37. The van der Waals surface area contributed by atoms with Crippen molar-refractivity contribution >= 4 is 29.2 Å². The SMILES string of the molecule is CC(=O)N1CCC(N2CCC(c3nc(-n4nc(C(C)C)c5cccc(F)c54)no3)CC2)CC1.Cl. The number of piperidine rings is 2. The van der Waals surface area contributed by atoms with Crippen molar-refractivity contribution in [2.75, 3.05) is 26.2 Å². The standard InChI is InChI=1S/C24H31FN6O2.ClH/c1-15(2)21-19-5-4-6-20(25)22(19)31(27-21)24-26-23(33-28-24)17-7-11-30(12-8-17)18-9-13-29(14-10-18)16(3)32;/h4-6,15,17-18H,7-14H2,1-3H3;1H. The van der Waals surface area contributed by atoms with E-state index in [2.05, 4.69) is 20.1 Å². The lowest BCUT2D eigenvalue weighted by Crippen LogP contribution is -2.48. The lowest BCUT2D eigenvalue weighted by molar-refractivity contribution is -0.130. The second kappa shape index (κ2) is 10.00. The number of amides is 1. The van der Waals surface area contributed by atoms with Crippen LogP contribution in [-0.2, 0) is 4.79 Å². The first-order valence-corrected chi connectivity index (χ1v) is 11.9. The van der Waals surface area contributed by atoms with E-state index < -0.39 is 0 Å². The van der Waals surface area contributed by atoms with E-state index in [0.29, 0.717) is 17.4 Å². The average molecular weight is 491 g/mol. The molecule has 184 valence electrons. The van der Waals surface area contributed by atoms with Crippen LogP contribution in [0, 0.1) is 5.82 Å². The van der Waals surface area contributed by atoms with Gasteiger partial charge in [0, 0.05) is 37.4 Å². The number of fused-ring (bicyclic) bond motifs is 1. The van der Waals surface area contributed by atoms with Gasteiger partial charge in [0.05, 0.1) is 5.69 Å². The third kappa shape index (κ3) is 4.55. The molecule has 0 atom stereocenters. The van der Waals surface area contributed by atoms with Crippen LogP contribution in [0.15, 0.2) is 22.7 Å². The van der Waals surface area contributed by atoms with Crippen LogP contribution in [0.3, 0.4) is 0 Å². The number of nitrogens with zero attached hydrogens (tertiary/aromatic N) is 6. The molecule has 8 nitrogen and oxygen atoms in total. The topological polar surface area (TPSA) is 80.3 Å². The van der Waals surface area contributed by atoms with E-state index in [4.69, 9.17) is 4.52 Å². The first-order valence-electron chi connectivity index (χ1n) is 11.9. The average Bonchev–Trinajstić information content (AvgIpc) is 3.45. The first kappa shape index (κ1) is 24.6. The van der Waals surface area contributed by atoms with Gasteiger partial charge in [-0.1, -0.05) is 26.0 Å². The number of carbonyl (C=O) groups is 1. The summed E-state index contributed by atoms with van der Waals surface area (Å²) in [6.07, 6.45) is 3.95. The molecule has 2 aromatic heterocycles. The molecule has 2 aliphatic rings. The van der Waals surface area contributed by atoms with Gasteiger partial charge in [0.1, 0.15) is 11.3 Å². The molecule has 0 radical (unpaired) electrons. The molecule has 0 aliphatic carbocycles. The third-order valence-electron chi connectivity index (χ3n) is 7.15. The maximum atomic E-state index is 14.7. The van der Waals surface area contributed by atoms with E-state index in [1.54, 1.807) is 13.0 Å². The van der Waals surface area contributed by atoms with Crippen molar-refractivity contribution in [3.05, 3.63) is 35.6 Å². The van der Waals surface area contributed by atoms with Gasteiger partial charge in [-0.25, -0.2) is 4.39 Å². The zero-order valence-corrected chi connectivity index (χ0v) is 20.7. The van der Waals surface area contributed by atoms with Gasteiger partial charge in [-0.3, -0.25) is 4.79 Å². The minimum absolute atomic E-state index is 0. The predicted molar refractivity (Wildman–Crippen MR) is 129 cm³/mol. The van der Waals surface area contributed by atoms with Gasteiger partial charge in [-0.2, -0.15) is 14.8 Å². The molecule has 3 aromatic rings. The maximum Gasteiger partial charge on any atom is 0.291 e.